The number of aryl methyl sites for hydroxylation is 1. The van der Waals surface area contributed by atoms with Crippen molar-refractivity contribution in [1.29, 1.82) is 0 Å². The van der Waals surface area contributed by atoms with E-state index in [1.165, 1.54) is 17.8 Å². The Bertz CT molecular complexity index is 1000. The first-order chi connectivity index (χ1) is 14.9. The fourth-order valence-corrected chi connectivity index (χ4v) is 3.83. The molecule has 0 saturated carbocycles. The SMILES string of the molecule is CCOc1nn(CC)cc1-c1nnc(SCc2cccc(C(F)(F)F)c2)n1CCOC. The summed E-state index contributed by atoms with van der Waals surface area (Å²) in [4.78, 5) is 0. The smallest absolute Gasteiger partial charge is 0.416 e. The molecule has 0 radical (unpaired) electrons. The molecule has 0 atom stereocenters. The second kappa shape index (κ2) is 10.2. The minimum Gasteiger partial charge on any atom is -0.476 e. The molecule has 0 aliphatic carbocycles. The molecule has 2 heterocycles. The summed E-state index contributed by atoms with van der Waals surface area (Å²) < 4.78 is 53.5. The molecule has 11 heteroatoms. The Kier molecular flexibility index (Phi) is 7.60. The number of ether oxygens (including phenoxy) is 2. The largest absolute Gasteiger partial charge is 0.476 e. The van der Waals surface area contributed by atoms with Crippen LogP contribution in [0.4, 0.5) is 13.2 Å². The summed E-state index contributed by atoms with van der Waals surface area (Å²) in [7, 11) is 1.60. The van der Waals surface area contributed by atoms with E-state index >= 15 is 0 Å². The number of halogens is 3. The summed E-state index contributed by atoms with van der Waals surface area (Å²) in [6, 6.07) is 5.29. The monoisotopic (exact) mass is 455 g/mol. The lowest BCUT2D eigenvalue weighted by Gasteiger charge is -2.11. The second-order valence-corrected chi connectivity index (χ2v) is 7.52. The number of alkyl halides is 3. The lowest BCUT2D eigenvalue weighted by molar-refractivity contribution is -0.137. The van der Waals surface area contributed by atoms with Gasteiger partial charge in [-0.15, -0.1) is 15.3 Å². The van der Waals surface area contributed by atoms with Crippen LogP contribution in [0.25, 0.3) is 11.4 Å². The van der Waals surface area contributed by atoms with E-state index in [0.717, 1.165) is 12.1 Å². The average Bonchev–Trinajstić information content (AvgIpc) is 3.34. The van der Waals surface area contributed by atoms with Crippen LogP contribution in [-0.4, -0.2) is 44.9 Å². The molecule has 0 aliphatic rings. The number of nitrogens with zero attached hydrogens (tertiary/aromatic N) is 5. The average molecular weight is 456 g/mol. The fourth-order valence-electron chi connectivity index (χ4n) is 2.93. The van der Waals surface area contributed by atoms with Gasteiger partial charge in [0, 0.05) is 25.6 Å². The Balaban J connectivity index is 1.89. The molecule has 168 valence electrons. The summed E-state index contributed by atoms with van der Waals surface area (Å²) in [6.07, 6.45) is -2.53. The van der Waals surface area contributed by atoms with Crippen LogP contribution in [0.1, 0.15) is 25.0 Å². The molecular weight excluding hydrogens is 431 g/mol. The summed E-state index contributed by atoms with van der Waals surface area (Å²) in [5.41, 5.74) is 0.593. The summed E-state index contributed by atoms with van der Waals surface area (Å²) >= 11 is 1.32. The zero-order chi connectivity index (χ0) is 22.4. The van der Waals surface area contributed by atoms with Crippen LogP contribution < -0.4 is 4.74 Å². The fraction of sp³-hybridized carbons (Fsp3) is 0.450. The first kappa shape index (κ1) is 23.1. The minimum atomic E-state index is -4.37. The molecule has 0 saturated heterocycles. The summed E-state index contributed by atoms with van der Waals surface area (Å²) in [5, 5.41) is 13.6. The van der Waals surface area contributed by atoms with E-state index < -0.39 is 11.7 Å². The van der Waals surface area contributed by atoms with Gasteiger partial charge in [-0.25, -0.2) is 0 Å². The first-order valence-electron chi connectivity index (χ1n) is 9.79. The van der Waals surface area contributed by atoms with Gasteiger partial charge in [0.05, 0.1) is 25.3 Å². The van der Waals surface area contributed by atoms with Gasteiger partial charge in [0.15, 0.2) is 11.0 Å². The zero-order valence-corrected chi connectivity index (χ0v) is 18.3. The highest BCUT2D eigenvalue weighted by atomic mass is 32.2. The van der Waals surface area contributed by atoms with Crippen molar-refractivity contribution in [3.05, 3.63) is 41.6 Å². The van der Waals surface area contributed by atoms with Crippen molar-refractivity contribution in [2.75, 3.05) is 20.3 Å². The van der Waals surface area contributed by atoms with Gasteiger partial charge in [0.25, 0.3) is 0 Å². The number of thioether (sulfide) groups is 1. The maximum Gasteiger partial charge on any atom is 0.416 e. The molecule has 3 rings (SSSR count). The van der Waals surface area contributed by atoms with E-state index in [1.807, 2.05) is 24.6 Å². The molecule has 7 nitrogen and oxygen atoms in total. The maximum atomic E-state index is 13.0. The van der Waals surface area contributed by atoms with Crippen LogP contribution in [0, 0.1) is 0 Å². The van der Waals surface area contributed by atoms with Crippen LogP contribution in [-0.2, 0) is 29.8 Å². The van der Waals surface area contributed by atoms with E-state index in [-0.39, 0.29) is 0 Å². The van der Waals surface area contributed by atoms with Crippen molar-refractivity contribution in [2.24, 2.45) is 0 Å². The summed E-state index contributed by atoms with van der Waals surface area (Å²) in [5.74, 6) is 1.36. The third-order valence-electron chi connectivity index (χ3n) is 4.43. The number of benzene rings is 1. The van der Waals surface area contributed by atoms with Crippen LogP contribution >= 0.6 is 11.8 Å². The number of methoxy groups -OCH3 is 1. The third-order valence-corrected chi connectivity index (χ3v) is 5.47. The molecule has 0 spiro atoms. The molecular formula is C20H24F3N5O2S. The van der Waals surface area contributed by atoms with Crippen molar-refractivity contribution >= 4 is 11.8 Å². The van der Waals surface area contributed by atoms with Crippen LogP contribution in [0.2, 0.25) is 0 Å². The first-order valence-corrected chi connectivity index (χ1v) is 10.8. The topological polar surface area (TPSA) is 67.0 Å². The number of rotatable bonds is 10. The molecule has 0 amide bonds. The quantitative estimate of drug-likeness (QED) is 0.419. The van der Waals surface area contributed by atoms with E-state index in [0.29, 0.717) is 60.0 Å². The molecule has 0 unspecified atom stereocenters. The Morgan fingerprint density at radius 1 is 1.16 bits per heavy atom. The van der Waals surface area contributed by atoms with Crippen LogP contribution in [0.5, 0.6) is 5.88 Å². The Morgan fingerprint density at radius 3 is 2.65 bits per heavy atom. The maximum absolute atomic E-state index is 13.0. The number of hydrogen-bond donors (Lipinski definition) is 0. The van der Waals surface area contributed by atoms with Gasteiger partial charge in [-0.05, 0) is 25.5 Å². The number of aromatic nitrogens is 5. The standard InChI is InChI=1S/C20H24F3N5O2S/c1-4-27-12-16(18(26-27)30-5-2)17-24-25-19(28(17)9-10-29-3)31-13-14-7-6-8-15(11-14)20(21,22)23/h6-8,11-12H,4-5,9-10,13H2,1-3H3. The van der Waals surface area contributed by atoms with E-state index in [4.69, 9.17) is 9.47 Å². The predicted molar refractivity (Wildman–Crippen MR) is 111 cm³/mol. The molecule has 0 fully saturated rings. The molecule has 31 heavy (non-hydrogen) atoms. The lowest BCUT2D eigenvalue weighted by Crippen LogP contribution is -2.08. The van der Waals surface area contributed by atoms with Crippen molar-refractivity contribution in [2.45, 2.75) is 44.0 Å². The third kappa shape index (κ3) is 5.59. The highest BCUT2D eigenvalue weighted by Crippen LogP contribution is 2.33. The van der Waals surface area contributed by atoms with Crippen molar-refractivity contribution in [3.63, 3.8) is 0 Å². The normalized spacial score (nSPS) is 11.8. The Hall–Kier alpha value is -2.53. The molecule has 0 aliphatic heterocycles. The lowest BCUT2D eigenvalue weighted by atomic mass is 10.1. The van der Waals surface area contributed by atoms with Crippen molar-refractivity contribution in [1.82, 2.24) is 24.5 Å². The Labute approximate surface area is 182 Å². The summed E-state index contributed by atoms with van der Waals surface area (Å²) in [6.45, 7) is 5.88. The van der Waals surface area contributed by atoms with Gasteiger partial charge in [-0.3, -0.25) is 9.25 Å². The van der Waals surface area contributed by atoms with Gasteiger partial charge < -0.3 is 9.47 Å². The van der Waals surface area contributed by atoms with Crippen molar-refractivity contribution < 1.29 is 22.6 Å². The van der Waals surface area contributed by atoms with Crippen molar-refractivity contribution in [3.8, 4) is 17.3 Å². The van der Waals surface area contributed by atoms with E-state index in [2.05, 4.69) is 15.3 Å². The molecule has 3 aromatic rings. The number of hydrogen-bond acceptors (Lipinski definition) is 6. The van der Waals surface area contributed by atoms with Gasteiger partial charge in [-0.1, -0.05) is 30.0 Å². The molecule has 0 N–H and O–H groups in total. The Morgan fingerprint density at radius 2 is 1.97 bits per heavy atom. The second-order valence-electron chi connectivity index (χ2n) is 6.57. The minimum absolute atomic E-state index is 0.321. The van der Waals surface area contributed by atoms with Gasteiger partial charge >= 0.3 is 6.18 Å². The van der Waals surface area contributed by atoms with Crippen LogP contribution in [0.3, 0.4) is 0 Å². The van der Waals surface area contributed by atoms with Crippen LogP contribution in [0.15, 0.2) is 35.6 Å². The van der Waals surface area contributed by atoms with E-state index in [9.17, 15) is 13.2 Å². The predicted octanol–water partition coefficient (Wildman–Crippen LogP) is 4.52. The highest BCUT2D eigenvalue weighted by Gasteiger charge is 2.30. The molecule has 2 aromatic heterocycles. The molecule has 1 aromatic carbocycles. The zero-order valence-electron chi connectivity index (χ0n) is 17.5. The molecule has 0 bridgehead atoms. The van der Waals surface area contributed by atoms with Gasteiger partial charge in [-0.2, -0.15) is 13.2 Å². The highest BCUT2D eigenvalue weighted by molar-refractivity contribution is 7.98. The van der Waals surface area contributed by atoms with Gasteiger partial charge in [0.1, 0.15) is 5.56 Å². The van der Waals surface area contributed by atoms with Gasteiger partial charge in [0.2, 0.25) is 5.88 Å². The van der Waals surface area contributed by atoms with E-state index in [1.54, 1.807) is 17.9 Å².